The molecule has 0 saturated carbocycles. The Kier molecular flexibility index (Phi) is 7.30. The van der Waals surface area contributed by atoms with E-state index in [1.165, 1.54) is 18.2 Å². The highest BCUT2D eigenvalue weighted by Gasteiger charge is 2.21. The second-order valence-corrected chi connectivity index (χ2v) is 9.84. The number of nitrogens with zero attached hydrogens (tertiary/aromatic N) is 1. The molecule has 0 saturated heterocycles. The highest BCUT2D eigenvalue weighted by molar-refractivity contribution is 7.92. The van der Waals surface area contributed by atoms with E-state index in [1.54, 1.807) is 35.2 Å². The van der Waals surface area contributed by atoms with Crippen LogP contribution in [-0.2, 0) is 23.1 Å². The van der Waals surface area contributed by atoms with Gasteiger partial charge in [-0.2, -0.15) is 0 Å². The molecule has 1 amide bonds. The zero-order valence-electron chi connectivity index (χ0n) is 18.3. The third-order valence-corrected chi connectivity index (χ3v) is 6.93. The van der Waals surface area contributed by atoms with Gasteiger partial charge in [0.05, 0.1) is 21.2 Å². The van der Waals surface area contributed by atoms with Crippen molar-refractivity contribution in [2.45, 2.75) is 18.0 Å². The Balaban J connectivity index is 1.58. The molecule has 1 N–H and O–H groups in total. The minimum atomic E-state index is -3.76. The van der Waals surface area contributed by atoms with Gasteiger partial charge in [0, 0.05) is 13.1 Å². The Hall–Kier alpha value is -3.61. The number of benzene rings is 4. The number of halogens is 1. The molecule has 5 nitrogen and oxygen atoms in total. The molecule has 0 spiro atoms. The van der Waals surface area contributed by atoms with Gasteiger partial charge in [-0.1, -0.05) is 90.5 Å². The van der Waals surface area contributed by atoms with E-state index in [0.717, 1.165) is 11.1 Å². The number of carbonyl (C=O) groups excluding carboxylic acids is 1. The summed E-state index contributed by atoms with van der Waals surface area (Å²) in [5.74, 6) is -0.241. The Bertz CT molecular complexity index is 1320. The maximum Gasteiger partial charge on any atom is 0.261 e. The summed E-state index contributed by atoms with van der Waals surface area (Å²) in [5, 5.41) is 0.171. The lowest BCUT2D eigenvalue weighted by Gasteiger charge is -2.24. The van der Waals surface area contributed by atoms with Crippen molar-refractivity contribution in [3.05, 3.63) is 131 Å². The number of hydrogen-bond acceptors (Lipinski definition) is 3. The number of carbonyl (C=O) groups is 1. The summed E-state index contributed by atoms with van der Waals surface area (Å²) in [6.45, 7) is 0.820. The van der Waals surface area contributed by atoms with Gasteiger partial charge < -0.3 is 4.90 Å². The molecule has 0 atom stereocenters. The fourth-order valence-corrected chi connectivity index (χ4v) is 4.88. The molecule has 0 unspecified atom stereocenters. The van der Waals surface area contributed by atoms with Crippen molar-refractivity contribution in [2.75, 3.05) is 4.72 Å². The SMILES string of the molecule is O=C(c1ccc(NS(=O)(=O)c2ccccc2)cc1Cl)N(Cc1ccccc1)Cc1ccccc1. The molecule has 4 aromatic carbocycles. The fourth-order valence-electron chi connectivity index (χ4n) is 3.54. The lowest BCUT2D eigenvalue weighted by Crippen LogP contribution is -2.30. The van der Waals surface area contributed by atoms with Crippen molar-refractivity contribution in [1.29, 1.82) is 0 Å². The quantitative estimate of drug-likeness (QED) is 0.330. The van der Waals surface area contributed by atoms with E-state index < -0.39 is 10.0 Å². The van der Waals surface area contributed by atoms with Gasteiger partial charge in [0.15, 0.2) is 0 Å². The van der Waals surface area contributed by atoms with Crippen molar-refractivity contribution in [3.63, 3.8) is 0 Å². The molecule has 0 fully saturated rings. The van der Waals surface area contributed by atoms with Gasteiger partial charge in [0.1, 0.15) is 0 Å². The van der Waals surface area contributed by atoms with Gasteiger partial charge in [-0.15, -0.1) is 0 Å². The standard InChI is InChI=1S/C27H23ClN2O3S/c28-26-18-23(29-34(32,33)24-14-8-3-9-15-24)16-17-25(26)27(31)30(19-21-10-4-1-5-11-21)20-22-12-6-2-7-13-22/h1-18,29H,19-20H2. The number of rotatable bonds is 8. The molecule has 0 aliphatic heterocycles. The van der Waals surface area contributed by atoms with Crippen LogP contribution in [0.3, 0.4) is 0 Å². The average molecular weight is 491 g/mol. The van der Waals surface area contributed by atoms with Gasteiger partial charge in [0.2, 0.25) is 0 Å². The Labute approximate surface area is 204 Å². The first kappa shape index (κ1) is 23.5. The number of nitrogens with one attached hydrogen (secondary N) is 1. The molecule has 0 heterocycles. The largest absolute Gasteiger partial charge is 0.330 e. The number of amides is 1. The van der Waals surface area contributed by atoms with E-state index in [4.69, 9.17) is 11.6 Å². The second kappa shape index (κ2) is 10.5. The summed E-state index contributed by atoms with van der Waals surface area (Å²) in [7, 11) is -3.76. The summed E-state index contributed by atoms with van der Waals surface area (Å²) in [4.78, 5) is 15.4. The lowest BCUT2D eigenvalue weighted by molar-refractivity contribution is 0.0730. The van der Waals surface area contributed by atoms with Crippen molar-refractivity contribution < 1.29 is 13.2 Å². The zero-order chi connectivity index (χ0) is 24.0. The molecule has 4 aromatic rings. The van der Waals surface area contributed by atoms with Gasteiger partial charge in [-0.05, 0) is 41.5 Å². The molecule has 0 aliphatic rings. The van der Waals surface area contributed by atoms with Crippen molar-refractivity contribution in [1.82, 2.24) is 4.90 Å². The van der Waals surface area contributed by atoms with Crippen LogP contribution in [0.5, 0.6) is 0 Å². The fraction of sp³-hybridized carbons (Fsp3) is 0.0741. The summed E-state index contributed by atoms with van der Waals surface area (Å²) < 4.78 is 27.7. The summed E-state index contributed by atoms with van der Waals surface area (Å²) in [6.07, 6.45) is 0. The summed E-state index contributed by atoms with van der Waals surface area (Å²) >= 11 is 6.47. The monoisotopic (exact) mass is 490 g/mol. The second-order valence-electron chi connectivity index (χ2n) is 7.75. The molecule has 4 rings (SSSR count). The van der Waals surface area contributed by atoms with E-state index in [1.807, 2.05) is 60.7 Å². The molecule has 0 aromatic heterocycles. The third kappa shape index (κ3) is 5.84. The van der Waals surface area contributed by atoms with Gasteiger partial charge in [-0.25, -0.2) is 8.42 Å². The van der Waals surface area contributed by atoms with E-state index in [9.17, 15) is 13.2 Å². The number of sulfonamides is 1. The van der Waals surface area contributed by atoms with Crippen LogP contribution in [0, 0.1) is 0 Å². The molecular weight excluding hydrogens is 468 g/mol. The van der Waals surface area contributed by atoms with Crippen molar-refractivity contribution in [3.8, 4) is 0 Å². The minimum Gasteiger partial charge on any atom is -0.330 e. The molecule has 0 radical (unpaired) electrons. The molecule has 7 heteroatoms. The third-order valence-electron chi connectivity index (χ3n) is 5.22. The van der Waals surface area contributed by atoms with Crippen LogP contribution in [0.15, 0.2) is 114 Å². The first-order chi connectivity index (χ1) is 16.4. The van der Waals surface area contributed by atoms with Crippen LogP contribution >= 0.6 is 11.6 Å². The summed E-state index contributed by atoms with van der Waals surface area (Å²) in [6, 6.07) is 32.1. The van der Waals surface area contributed by atoms with Gasteiger partial charge in [-0.3, -0.25) is 9.52 Å². The van der Waals surface area contributed by atoms with Gasteiger partial charge >= 0.3 is 0 Å². The van der Waals surface area contributed by atoms with Crippen molar-refractivity contribution >= 4 is 33.2 Å². The van der Waals surface area contributed by atoms with Crippen LogP contribution in [-0.4, -0.2) is 19.2 Å². The molecule has 172 valence electrons. The smallest absolute Gasteiger partial charge is 0.261 e. The first-order valence-electron chi connectivity index (χ1n) is 10.7. The highest BCUT2D eigenvalue weighted by Crippen LogP contribution is 2.26. The van der Waals surface area contributed by atoms with Gasteiger partial charge in [0.25, 0.3) is 15.9 Å². The topological polar surface area (TPSA) is 66.5 Å². The minimum absolute atomic E-state index is 0.142. The van der Waals surface area contributed by atoms with Crippen LogP contribution < -0.4 is 4.72 Å². The van der Waals surface area contributed by atoms with Crippen LogP contribution in [0.2, 0.25) is 5.02 Å². The first-order valence-corrected chi connectivity index (χ1v) is 12.5. The zero-order valence-corrected chi connectivity index (χ0v) is 19.8. The maximum absolute atomic E-state index is 13.5. The highest BCUT2D eigenvalue weighted by atomic mass is 35.5. The molecule has 0 bridgehead atoms. The van der Waals surface area contributed by atoms with E-state index in [0.29, 0.717) is 18.7 Å². The van der Waals surface area contributed by atoms with Crippen molar-refractivity contribution in [2.24, 2.45) is 0 Å². The van der Waals surface area contributed by atoms with Crippen LogP contribution in [0.25, 0.3) is 0 Å². The lowest BCUT2D eigenvalue weighted by atomic mass is 10.1. The number of hydrogen-bond donors (Lipinski definition) is 1. The molecule has 34 heavy (non-hydrogen) atoms. The van der Waals surface area contributed by atoms with E-state index >= 15 is 0 Å². The predicted molar refractivity (Wildman–Crippen MR) is 135 cm³/mol. The van der Waals surface area contributed by atoms with E-state index in [-0.39, 0.29) is 21.5 Å². The maximum atomic E-state index is 13.5. The molecule has 0 aliphatic carbocycles. The Morgan fingerprint density at radius 3 is 1.74 bits per heavy atom. The van der Waals surface area contributed by atoms with Crippen LogP contribution in [0.1, 0.15) is 21.5 Å². The Morgan fingerprint density at radius 2 is 1.24 bits per heavy atom. The molecular formula is C27H23ClN2O3S. The Morgan fingerprint density at radius 1 is 0.735 bits per heavy atom. The number of anilines is 1. The normalized spacial score (nSPS) is 11.1. The summed E-state index contributed by atoms with van der Waals surface area (Å²) in [5.41, 5.74) is 2.57. The van der Waals surface area contributed by atoms with E-state index in [2.05, 4.69) is 4.72 Å². The predicted octanol–water partition coefficient (Wildman–Crippen LogP) is 5.98. The average Bonchev–Trinajstić information content (AvgIpc) is 2.85. The van der Waals surface area contributed by atoms with Crippen LogP contribution in [0.4, 0.5) is 5.69 Å².